The van der Waals surface area contributed by atoms with Crippen LogP contribution in [0.2, 0.25) is 5.02 Å². The molecule has 0 bridgehead atoms. The van der Waals surface area contributed by atoms with Crippen molar-refractivity contribution in [2.45, 2.75) is 18.9 Å². The largest absolute Gasteiger partial charge is 0.409 e. The number of rotatable bonds is 2. The van der Waals surface area contributed by atoms with Crippen LogP contribution in [0.15, 0.2) is 29.4 Å². The van der Waals surface area contributed by atoms with Gasteiger partial charge in [0.2, 0.25) is 0 Å². The van der Waals surface area contributed by atoms with Crippen LogP contribution >= 0.6 is 11.6 Å². The number of likely N-dealkylation sites (tertiary alicyclic amines) is 1. The van der Waals surface area contributed by atoms with Crippen molar-refractivity contribution in [2.75, 3.05) is 11.9 Å². The second-order valence-electron chi connectivity index (χ2n) is 4.31. The fraction of sp³-hybridized carbons (Fsp3) is 0.333. The molecule has 102 valence electrons. The van der Waals surface area contributed by atoms with Gasteiger partial charge in [0, 0.05) is 17.3 Å². The van der Waals surface area contributed by atoms with Gasteiger partial charge in [0.25, 0.3) is 0 Å². The van der Waals surface area contributed by atoms with Crippen molar-refractivity contribution in [1.29, 1.82) is 0 Å². The predicted octanol–water partition coefficient (Wildman–Crippen LogP) is 2.08. The molecule has 4 N–H and O–H groups in total. The second-order valence-corrected chi connectivity index (χ2v) is 4.75. The molecule has 1 aromatic carbocycles. The number of oxime groups is 1. The Morgan fingerprint density at radius 3 is 2.79 bits per heavy atom. The van der Waals surface area contributed by atoms with Gasteiger partial charge in [-0.05, 0) is 37.1 Å². The van der Waals surface area contributed by atoms with E-state index in [1.54, 1.807) is 29.2 Å². The Hall–Kier alpha value is -1.95. The average molecular weight is 283 g/mol. The minimum atomic E-state index is -0.350. The standard InChI is InChI=1S/C12H15ClN4O2/c13-8-3-5-9(6-4-8)15-12(18)17-7-1-2-10(17)11(14)16-19/h3-6,10,19H,1-2,7H2,(H2,14,16)(H,15,18). The first-order chi connectivity index (χ1) is 9.11. The van der Waals surface area contributed by atoms with Gasteiger partial charge in [-0.15, -0.1) is 0 Å². The van der Waals surface area contributed by atoms with Crippen LogP contribution < -0.4 is 11.1 Å². The lowest BCUT2D eigenvalue weighted by atomic mass is 10.2. The van der Waals surface area contributed by atoms with Crippen LogP contribution in [0.4, 0.5) is 10.5 Å². The smallest absolute Gasteiger partial charge is 0.322 e. The topological polar surface area (TPSA) is 91.0 Å². The summed E-state index contributed by atoms with van der Waals surface area (Å²) in [5, 5.41) is 15.0. The van der Waals surface area contributed by atoms with E-state index in [0.717, 1.165) is 6.42 Å². The van der Waals surface area contributed by atoms with Crippen molar-refractivity contribution < 1.29 is 10.0 Å². The van der Waals surface area contributed by atoms with E-state index in [4.69, 9.17) is 22.5 Å². The molecule has 1 saturated heterocycles. The molecule has 2 rings (SSSR count). The maximum atomic E-state index is 12.1. The van der Waals surface area contributed by atoms with Gasteiger partial charge in [0.05, 0.1) is 6.04 Å². The summed E-state index contributed by atoms with van der Waals surface area (Å²) in [6, 6.07) is 6.21. The average Bonchev–Trinajstić information content (AvgIpc) is 2.90. The Labute approximate surface area is 115 Å². The van der Waals surface area contributed by atoms with E-state index in [0.29, 0.717) is 23.7 Å². The molecular weight excluding hydrogens is 268 g/mol. The molecule has 2 amide bonds. The molecule has 0 radical (unpaired) electrons. The summed E-state index contributed by atoms with van der Waals surface area (Å²) >= 11 is 5.78. The molecule has 1 aliphatic heterocycles. The number of halogens is 1. The molecular formula is C12H15ClN4O2. The summed E-state index contributed by atoms with van der Waals surface area (Å²) in [5.41, 5.74) is 6.23. The van der Waals surface area contributed by atoms with Crippen LogP contribution in [0, 0.1) is 0 Å². The van der Waals surface area contributed by atoms with Gasteiger partial charge in [0.15, 0.2) is 5.84 Å². The van der Waals surface area contributed by atoms with Crippen molar-refractivity contribution in [3.05, 3.63) is 29.3 Å². The SMILES string of the molecule is NC(=NO)C1CCCN1C(=O)Nc1ccc(Cl)cc1. The third kappa shape index (κ3) is 3.08. The number of nitrogens with zero attached hydrogens (tertiary/aromatic N) is 2. The first kappa shape index (κ1) is 13.5. The van der Waals surface area contributed by atoms with Crippen molar-refractivity contribution in [3.63, 3.8) is 0 Å². The number of carbonyl (C=O) groups is 1. The van der Waals surface area contributed by atoms with Gasteiger partial charge < -0.3 is 21.2 Å². The lowest BCUT2D eigenvalue weighted by Crippen LogP contribution is -2.45. The van der Waals surface area contributed by atoms with E-state index in [-0.39, 0.29) is 17.9 Å². The van der Waals surface area contributed by atoms with Crippen LogP contribution in [-0.2, 0) is 0 Å². The fourth-order valence-electron chi connectivity index (χ4n) is 2.11. The summed E-state index contributed by atoms with van der Waals surface area (Å²) in [6.07, 6.45) is 1.53. The zero-order chi connectivity index (χ0) is 13.8. The predicted molar refractivity (Wildman–Crippen MR) is 73.6 cm³/mol. The Bertz CT molecular complexity index is 489. The molecule has 1 aromatic rings. The fourth-order valence-corrected chi connectivity index (χ4v) is 2.24. The molecule has 1 fully saturated rings. The first-order valence-electron chi connectivity index (χ1n) is 5.92. The summed E-state index contributed by atoms with van der Waals surface area (Å²) in [4.78, 5) is 13.7. The molecule has 7 heteroatoms. The highest BCUT2D eigenvalue weighted by atomic mass is 35.5. The van der Waals surface area contributed by atoms with Crippen molar-refractivity contribution in [2.24, 2.45) is 10.9 Å². The molecule has 1 heterocycles. The number of hydrogen-bond acceptors (Lipinski definition) is 3. The number of benzene rings is 1. The molecule has 0 spiro atoms. The summed E-state index contributed by atoms with van der Waals surface area (Å²) in [7, 11) is 0. The van der Waals surface area contributed by atoms with Crippen LogP contribution in [0.1, 0.15) is 12.8 Å². The van der Waals surface area contributed by atoms with Gasteiger partial charge in [-0.2, -0.15) is 0 Å². The first-order valence-corrected chi connectivity index (χ1v) is 6.30. The summed E-state index contributed by atoms with van der Waals surface area (Å²) in [5.74, 6) is 0.0590. The number of nitrogens with one attached hydrogen (secondary N) is 1. The van der Waals surface area contributed by atoms with Crippen LogP contribution in [0.3, 0.4) is 0 Å². The summed E-state index contributed by atoms with van der Waals surface area (Å²) < 4.78 is 0. The number of urea groups is 1. The van der Waals surface area contributed by atoms with E-state index in [1.807, 2.05) is 0 Å². The normalized spacial score (nSPS) is 19.5. The van der Waals surface area contributed by atoms with Crippen molar-refractivity contribution >= 4 is 29.2 Å². The summed E-state index contributed by atoms with van der Waals surface area (Å²) in [6.45, 7) is 0.584. The van der Waals surface area contributed by atoms with E-state index in [1.165, 1.54) is 0 Å². The minimum Gasteiger partial charge on any atom is -0.409 e. The molecule has 6 nitrogen and oxygen atoms in total. The monoisotopic (exact) mass is 282 g/mol. The maximum absolute atomic E-state index is 12.1. The third-order valence-electron chi connectivity index (χ3n) is 3.07. The van der Waals surface area contributed by atoms with Crippen molar-refractivity contribution in [1.82, 2.24) is 4.90 Å². The van der Waals surface area contributed by atoms with Crippen LogP contribution in [0.5, 0.6) is 0 Å². The number of hydrogen-bond donors (Lipinski definition) is 3. The lowest BCUT2D eigenvalue weighted by Gasteiger charge is -2.23. The lowest BCUT2D eigenvalue weighted by molar-refractivity contribution is 0.215. The van der Waals surface area contributed by atoms with Gasteiger partial charge in [-0.1, -0.05) is 16.8 Å². The molecule has 1 atom stereocenters. The number of amidine groups is 1. The van der Waals surface area contributed by atoms with E-state index in [2.05, 4.69) is 10.5 Å². The van der Waals surface area contributed by atoms with Crippen molar-refractivity contribution in [3.8, 4) is 0 Å². The minimum absolute atomic E-state index is 0.0590. The molecule has 0 saturated carbocycles. The highest BCUT2D eigenvalue weighted by Gasteiger charge is 2.31. The molecule has 1 aliphatic rings. The van der Waals surface area contributed by atoms with E-state index in [9.17, 15) is 4.79 Å². The van der Waals surface area contributed by atoms with Crippen LogP contribution in [0.25, 0.3) is 0 Å². The molecule has 1 unspecified atom stereocenters. The molecule has 19 heavy (non-hydrogen) atoms. The Morgan fingerprint density at radius 2 is 2.16 bits per heavy atom. The highest BCUT2D eigenvalue weighted by Crippen LogP contribution is 2.20. The molecule has 0 aliphatic carbocycles. The van der Waals surface area contributed by atoms with Crippen LogP contribution in [-0.4, -0.2) is 34.6 Å². The number of anilines is 1. The quantitative estimate of drug-likeness (QED) is 0.336. The zero-order valence-electron chi connectivity index (χ0n) is 10.2. The Kier molecular flexibility index (Phi) is 4.11. The second kappa shape index (κ2) is 5.79. The van der Waals surface area contributed by atoms with E-state index < -0.39 is 0 Å². The highest BCUT2D eigenvalue weighted by molar-refractivity contribution is 6.30. The number of amides is 2. The van der Waals surface area contributed by atoms with Gasteiger partial charge >= 0.3 is 6.03 Å². The number of nitrogens with two attached hydrogens (primary N) is 1. The van der Waals surface area contributed by atoms with Gasteiger partial charge in [-0.25, -0.2) is 4.79 Å². The van der Waals surface area contributed by atoms with E-state index >= 15 is 0 Å². The Balaban J connectivity index is 2.05. The Morgan fingerprint density at radius 1 is 1.47 bits per heavy atom. The van der Waals surface area contributed by atoms with Gasteiger partial charge in [0.1, 0.15) is 0 Å². The number of carbonyl (C=O) groups excluding carboxylic acids is 1. The maximum Gasteiger partial charge on any atom is 0.322 e. The molecule has 0 aromatic heterocycles. The third-order valence-corrected chi connectivity index (χ3v) is 3.32. The van der Waals surface area contributed by atoms with Gasteiger partial charge in [-0.3, -0.25) is 0 Å². The zero-order valence-corrected chi connectivity index (χ0v) is 11.0.